The van der Waals surface area contributed by atoms with E-state index < -0.39 is 5.41 Å². The first-order valence-electron chi connectivity index (χ1n) is 22.0. The molecule has 0 saturated heterocycles. The molecular formula is C60H43NO. The summed E-state index contributed by atoms with van der Waals surface area (Å²) in [5, 5.41) is 0. The average Bonchev–Trinajstić information content (AvgIpc) is 3.74. The predicted molar refractivity (Wildman–Crippen MR) is 254 cm³/mol. The molecule has 0 saturated carbocycles. The topological polar surface area (TPSA) is 12.5 Å². The van der Waals surface area contributed by atoms with Crippen molar-refractivity contribution in [3.63, 3.8) is 0 Å². The highest BCUT2D eigenvalue weighted by molar-refractivity contribution is 5.93. The van der Waals surface area contributed by atoms with Crippen LogP contribution in [0.15, 0.2) is 200 Å². The molecule has 0 aromatic heterocycles. The Morgan fingerprint density at radius 1 is 0.371 bits per heavy atom. The fraction of sp³-hybridized carbons (Fsp3) is 0.100. The average molecular weight is 794 g/mol. The van der Waals surface area contributed by atoms with E-state index in [1.807, 2.05) is 0 Å². The van der Waals surface area contributed by atoms with Gasteiger partial charge < -0.3 is 9.64 Å². The van der Waals surface area contributed by atoms with Gasteiger partial charge in [-0.15, -0.1) is 0 Å². The van der Waals surface area contributed by atoms with Gasteiger partial charge in [0.25, 0.3) is 0 Å². The molecule has 0 radical (unpaired) electrons. The molecule has 0 unspecified atom stereocenters. The highest BCUT2D eigenvalue weighted by Crippen LogP contribution is 2.63. The van der Waals surface area contributed by atoms with Gasteiger partial charge >= 0.3 is 0 Å². The molecule has 0 fully saturated rings. The lowest BCUT2D eigenvalue weighted by Gasteiger charge is -2.40. The minimum absolute atomic E-state index is 0.152. The molecule has 0 amide bonds. The van der Waals surface area contributed by atoms with E-state index in [0.717, 1.165) is 47.0 Å². The summed E-state index contributed by atoms with van der Waals surface area (Å²) in [6.45, 7) is 4.74. The third kappa shape index (κ3) is 4.81. The van der Waals surface area contributed by atoms with E-state index in [-0.39, 0.29) is 5.41 Å². The van der Waals surface area contributed by atoms with Gasteiger partial charge in [-0.05, 0) is 139 Å². The fourth-order valence-electron chi connectivity index (χ4n) is 11.7. The van der Waals surface area contributed by atoms with Crippen molar-refractivity contribution in [2.24, 2.45) is 0 Å². The number of benzene rings is 9. The normalized spacial score (nSPS) is 14.9. The zero-order chi connectivity index (χ0) is 41.2. The molecule has 1 spiro atoms. The van der Waals surface area contributed by atoms with E-state index in [1.165, 1.54) is 83.5 Å². The molecule has 9 aromatic rings. The minimum Gasteiger partial charge on any atom is -0.457 e. The Labute approximate surface area is 363 Å². The maximum atomic E-state index is 6.90. The molecule has 13 rings (SSSR count). The quantitative estimate of drug-likeness (QED) is 0.176. The predicted octanol–water partition coefficient (Wildman–Crippen LogP) is 15.4. The summed E-state index contributed by atoms with van der Waals surface area (Å²) in [5.41, 5.74) is 23.4. The Morgan fingerprint density at radius 2 is 0.887 bits per heavy atom. The molecule has 62 heavy (non-hydrogen) atoms. The maximum absolute atomic E-state index is 6.90. The fourth-order valence-corrected chi connectivity index (χ4v) is 11.7. The molecule has 2 nitrogen and oxygen atoms in total. The first-order valence-corrected chi connectivity index (χ1v) is 22.0. The SMILES string of the molecule is CC1(C)c2ccccc2-c2ccc(N(c3cccc(-c4cccc5c4-c4ccccc4CC5)c3)c3ccc4c(c3)C3(c5ccccc5O4)c4ccccc4-c4ccccc43)cc21. The molecule has 0 bridgehead atoms. The lowest BCUT2D eigenvalue weighted by Crippen LogP contribution is -2.32. The van der Waals surface area contributed by atoms with Gasteiger partial charge in [-0.25, -0.2) is 0 Å². The third-order valence-corrected chi connectivity index (χ3v) is 14.4. The van der Waals surface area contributed by atoms with Crippen LogP contribution in [0, 0.1) is 0 Å². The molecule has 1 aliphatic heterocycles. The second kappa shape index (κ2) is 13.0. The highest BCUT2D eigenvalue weighted by Gasteiger charge is 2.51. The summed E-state index contributed by atoms with van der Waals surface area (Å²) in [6, 6.07) is 74.6. The van der Waals surface area contributed by atoms with E-state index in [1.54, 1.807) is 0 Å². The monoisotopic (exact) mass is 793 g/mol. The minimum atomic E-state index is -0.570. The standard InChI is InChI=1S/C60H43NO/c1-59(2)50-24-8-5-20-46(50)49-33-31-42(36-54(49)59)61(41-18-13-17-40(35-41)45-23-14-16-39-30-29-38-15-3-4-19-44(38)58(39)45)43-32-34-57-55(37-43)60(53-27-11-12-28-56(53)62-57)51-25-9-6-21-47(51)48-22-7-10-26-52(48)60/h3-28,31-37H,29-30H2,1-2H3. The maximum Gasteiger partial charge on any atom is 0.132 e. The van der Waals surface area contributed by atoms with Crippen LogP contribution >= 0.6 is 0 Å². The summed E-state index contributed by atoms with van der Waals surface area (Å²) in [5.74, 6) is 1.78. The Morgan fingerprint density at radius 3 is 1.66 bits per heavy atom. The van der Waals surface area contributed by atoms with Gasteiger partial charge in [-0.3, -0.25) is 0 Å². The lowest BCUT2D eigenvalue weighted by molar-refractivity contribution is 0.436. The Balaban J connectivity index is 1.06. The van der Waals surface area contributed by atoms with Crippen LogP contribution in [-0.4, -0.2) is 0 Å². The van der Waals surface area contributed by atoms with Crippen LogP contribution in [0.4, 0.5) is 17.1 Å². The number of hydrogen-bond donors (Lipinski definition) is 0. The highest BCUT2D eigenvalue weighted by atomic mass is 16.5. The van der Waals surface area contributed by atoms with Crippen LogP contribution in [0.5, 0.6) is 11.5 Å². The van der Waals surface area contributed by atoms with Gasteiger partial charge in [0, 0.05) is 33.6 Å². The van der Waals surface area contributed by atoms with Crippen molar-refractivity contribution in [2.45, 2.75) is 37.5 Å². The molecule has 1 heterocycles. The van der Waals surface area contributed by atoms with Crippen LogP contribution in [0.2, 0.25) is 0 Å². The van der Waals surface area contributed by atoms with Crippen molar-refractivity contribution in [3.05, 3.63) is 245 Å². The summed E-state index contributed by atoms with van der Waals surface area (Å²) < 4.78 is 6.90. The van der Waals surface area contributed by atoms with Crippen LogP contribution in [-0.2, 0) is 23.7 Å². The molecule has 3 aliphatic carbocycles. The zero-order valence-electron chi connectivity index (χ0n) is 34.8. The number of para-hydroxylation sites is 1. The number of rotatable bonds is 4. The van der Waals surface area contributed by atoms with Crippen LogP contribution in [0.1, 0.15) is 58.4 Å². The Kier molecular flexibility index (Phi) is 7.43. The van der Waals surface area contributed by atoms with Gasteiger partial charge in [0.2, 0.25) is 0 Å². The van der Waals surface area contributed by atoms with Gasteiger partial charge in [-0.1, -0.05) is 166 Å². The summed E-state index contributed by atoms with van der Waals surface area (Å²) in [6.07, 6.45) is 2.12. The largest absolute Gasteiger partial charge is 0.457 e. The molecule has 0 atom stereocenters. The van der Waals surface area contributed by atoms with Crippen molar-refractivity contribution in [3.8, 4) is 56.0 Å². The van der Waals surface area contributed by atoms with Gasteiger partial charge in [0.05, 0.1) is 5.41 Å². The smallest absolute Gasteiger partial charge is 0.132 e. The van der Waals surface area contributed by atoms with Crippen LogP contribution in [0.3, 0.4) is 0 Å². The third-order valence-electron chi connectivity index (χ3n) is 14.4. The van der Waals surface area contributed by atoms with Crippen LogP contribution in [0.25, 0.3) is 44.5 Å². The van der Waals surface area contributed by atoms with E-state index in [4.69, 9.17) is 4.74 Å². The van der Waals surface area contributed by atoms with Gasteiger partial charge in [0.15, 0.2) is 0 Å². The lowest BCUT2D eigenvalue weighted by atomic mass is 9.66. The van der Waals surface area contributed by atoms with Crippen molar-refractivity contribution in [2.75, 3.05) is 4.90 Å². The second-order valence-corrected chi connectivity index (χ2v) is 17.9. The number of hydrogen-bond acceptors (Lipinski definition) is 2. The van der Waals surface area contributed by atoms with E-state index in [9.17, 15) is 0 Å². The molecule has 9 aromatic carbocycles. The number of nitrogens with zero attached hydrogens (tertiary/aromatic N) is 1. The molecule has 0 N–H and O–H groups in total. The summed E-state index contributed by atoms with van der Waals surface area (Å²) in [4.78, 5) is 2.48. The van der Waals surface area contributed by atoms with E-state index in [0.29, 0.717) is 0 Å². The molecule has 2 heteroatoms. The van der Waals surface area contributed by atoms with Crippen LogP contribution < -0.4 is 9.64 Å². The van der Waals surface area contributed by atoms with Crippen molar-refractivity contribution in [1.82, 2.24) is 0 Å². The number of fused-ring (bicyclic) bond motifs is 15. The van der Waals surface area contributed by atoms with E-state index in [2.05, 4.69) is 219 Å². The Bertz CT molecular complexity index is 3290. The van der Waals surface area contributed by atoms with Crippen molar-refractivity contribution < 1.29 is 4.74 Å². The second-order valence-electron chi connectivity index (χ2n) is 17.9. The van der Waals surface area contributed by atoms with Crippen molar-refractivity contribution in [1.29, 1.82) is 0 Å². The Hall–Kier alpha value is -7.42. The summed E-state index contributed by atoms with van der Waals surface area (Å²) >= 11 is 0. The molecular weight excluding hydrogens is 751 g/mol. The first kappa shape index (κ1) is 35.3. The summed E-state index contributed by atoms with van der Waals surface area (Å²) in [7, 11) is 0. The van der Waals surface area contributed by atoms with Gasteiger partial charge in [-0.2, -0.15) is 0 Å². The van der Waals surface area contributed by atoms with Gasteiger partial charge in [0.1, 0.15) is 11.5 Å². The number of aryl methyl sites for hydroxylation is 2. The van der Waals surface area contributed by atoms with E-state index >= 15 is 0 Å². The number of ether oxygens (including phenoxy) is 1. The number of anilines is 3. The zero-order valence-corrected chi connectivity index (χ0v) is 34.8. The first-order chi connectivity index (χ1) is 30.5. The molecule has 294 valence electrons. The van der Waals surface area contributed by atoms with Crippen molar-refractivity contribution >= 4 is 17.1 Å². The molecule has 4 aliphatic rings.